The number of halogens is 3. The van der Waals surface area contributed by atoms with Crippen molar-refractivity contribution in [1.29, 1.82) is 0 Å². The van der Waals surface area contributed by atoms with Crippen LogP contribution in [0.5, 0.6) is 0 Å². The summed E-state index contributed by atoms with van der Waals surface area (Å²) in [6, 6.07) is 4.04. The highest BCUT2D eigenvalue weighted by Gasteiger charge is 2.38. The first-order chi connectivity index (χ1) is 11.4. The molecule has 0 bridgehead atoms. The summed E-state index contributed by atoms with van der Waals surface area (Å²) in [6.45, 7) is 2.64. The maximum atomic E-state index is 12.3. The second kappa shape index (κ2) is 5.51. The lowest BCUT2D eigenvalue weighted by molar-refractivity contribution is -0.0375. The van der Waals surface area contributed by atoms with Crippen LogP contribution < -0.4 is 9.98 Å². The molecule has 0 spiro atoms. The molecule has 3 heterocycles. The number of anilines is 1. The summed E-state index contributed by atoms with van der Waals surface area (Å²) in [5.74, 6) is 0. The highest BCUT2D eigenvalue weighted by atomic mass is 32.2. The fourth-order valence-corrected chi connectivity index (χ4v) is 3.64. The zero-order valence-electron chi connectivity index (χ0n) is 12.8. The van der Waals surface area contributed by atoms with E-state index in [0.29, 0.717) is 13.1 Å². The average molecular weight is 351 g/mol. The number of fused-ring (bicyclic) bond motifs is 1. The number of nitrogens with zero attached hydrogens (tertiary/aromatic N) is 3. The first-order valence-electron chi connectivity index (χ1n) is 7.46. The van der Waals surface area contributed by atoms with Crippen LogP contribution in [0, 0.1) is 0 Å². The zero-order valence-corrected chi connectivity index (χ0v) is 13.6. The van der Waals surface area contributed by atoms with Crippen LogP contribution in [0.4, 0.5) is 24.5 Å². The van der Waals surface area contributed by atoms with Gasteiger partial charge in [-0.3, -0.25) is 4.99 Å². The molecule has 1 saturated heterocycles. The van der Waals surface area contributed by atoms with Gasteiger partial charge in [0.05, 0.1) is 23.0 Å². The second-order valence-electron chi connectivity index (χ2n) is 5.94. The van der Waals surface area contributed by atoms with Crippen LogP contribution in [-0.4, -0.2) is 47.1 Å². The topological polar surface area (TPSA) is 41.7 Å². The number of rotatable bonds is 4. The van der Waals surface area contributed by atoms with Crippen LogP contribution in [0.3, 0.4) is 0 Å². The van der Waals surface area contributed by atoms with Crippen LogP contribution in [-0.2, 0) is 0 Å². The number of nitrogens with one attached hydrogen (secondary N) is 1. The Balaban J connectivity index is 1.47. The molecule has 0 amide bonds. The third kappa shape index (κ3) is 3.00. The average Bonchev–Trinajstić information content (AvgIpc) is 2.83. The lowest BCUT2D eigenvalue weighted by Crippen LogP contribution is -2.52. The highest BCUT2D eigenvalue weighted by molar-refractivity contribution is 7.97. The molecule has 3 aliphatic rings. The predicted octanol–water partition coefficient (Wildman–Crippen LogP) is 3.01. The standard InChI is InChI=1S/C16H14F3N4S/c1-9-2-11(5-20-9)10-3-12-6-21-15(12)14(4-10)22-13-7-23(8-13)24-16(17,18)19/h2-6,13,22H,7-8H2,1H3/q+1. The van der Waals surface area contributed by atoms with E-state index in [0.717, 1.165) is 33.8 Å². The van der Waals surface area contributed by atoms with E-state index in [9.17, 15) is 13.2 Å². The molecule has 0 aliphatic carbocycles. The van der Waals surface area contributed by atoms with Gasteiger partial charge in [0.2, 0.25) is 0 Å². The Morgan fingerprint density at radius 1 is 1.33 bits per heavy atom. The van der Waals surface area contributed by atoms with Gasteiger partial charge in [-0.05, 0) is 17.7 Å². The molecular weight excluding hydrogens is 337 g/mol. The summed E-state index contributed by atoms with van der Waals surface area (Å²) >= 11 is -0.0626. The Labute approximate surface area is 141 Å². The highest BCUT2D eigenvalue weighted by Crippen LogP contribution is 2.40. The fourth-order valence-electron chi connectivity index (χ4n) is 2.84. The van der Waals surface area contributed by atoms with Gasteiger partial charge in [0.15, 0.2) is 0 Å². The summed E-state index contributed by atoms with van der Waals surface area (Å²) in [5, 5.41) is 3.31. The van der Waals surface area contributed by atoms with E-state index in [1.807, 2.05) is 25.3 Å². The van der Waals surface area contributed by atoms with Gasteiger partial charge < -0.3 is 5.32 Å². The van der Waals surface area contributed by atoms with Gasteiger partial charge in [0.1, 0.15) is 0 Å². The lowest BCUT2D eigenvalue weighted by Gasteiger charge is -2.39. The van der Waals surface area contributed by atoms with Crippen molar-refractivity contribution < 1.29 is 13.2 Å². The van der Waals surface area contributed by atoms with Crippen molar-refractivity contribution in [2.45, 2.75) is 18.5 Å². The van der Waals surface area contributed by atoms with Crippen LogP contribution in [0.25, 0.3) is 5.57 Å². The van der Waals surface area contributed by atoms with Crippen LogP contribution in [0.2, 0.25) is 0 Å². The monoisotopic (exact) mass is 351 g/mol. The Hall–Kier alpha value is -2.02. The largest absolute Gasteiger partial charge is 0.456 e. The van der Waals surface area contributed by atoms with E-state index < -0.39 is 5.51 Å². The molecule has 0 saturated carbocycles. The first-order valence-corrected chi connectivity index (χ1v) is 8.24. The zero-order chi connectivity index (χ0) is 16.9. The summed E-state index contributed by atoms with van der Waals surface area (Å²) in [6.07, 6.45) is 5.62. The number of aliphatic imine (C=N–C) groups is 1. The van der Waals surface area contributed by atoms with Gasteiger partial charge in [-0.2, -0.15) is 13.2 Å². The Morgan fingerprint density at radius 3 is 2.71 bits per heavy atom. The molecular formula is C16H14F3N4S+. The maximum Gasteiger partial charge on any atom is 0.456 e. The molecule has 3 aliphatic heterocycles. The molecule has 4 rings (SSSR count). The second-order valence-corrected chi connectivity index (χ2v) is 7.11. The molecule has 24 heavy (non-hydrogen) atoms. The molecule has 1 aromatic rings. The minimum absolute atomic E-state index is 0.00507. The molecule has 1 N–H and O–H groups in total. The van der Waals surface area contributed by atoms with Crippen molar-refractivity contribution in [2.75, 3.05) is 18.4 Å². The lowest BCUT2D eigenvalue weighted by atomic mass is 9.98. The van der Waals surface area contributed by atoms with Gasteiger partial charge in [0.25, 0.3) is 0 Å². The van der Waals surface area contributed by atoms with Gasteiger partial charge in [-0.25, -0.2) is 4.31 Å². The van der Waals surface area contributed by atoms with Crippen molar-refractivity contribution in [3.05, 3.63) is 29.3 Å². The third-order valence-corrected chi connectivity index (χ3v) is 4.78. The smallest absolute Gasteiger partial charge is 0.378 e. The molecule has 0 aromatic heterocycles. The molecule has 4 nitrogen and oxygen atoms in total. The third-order valence-electron chi connectivity index (χ3n) is 4.02. The number of allylic oxidation sites excluding steroid dienone is 2. The van der Waals surface area contributed by atoms with Gasteiger partial charge >= 0.3 is 17.4 Å². The van der Waals surface area contributed by atoms with Crippen LogP contribution in [0.15, 0.2) is 23.2 Å². The summed E-state index contributed by atoms with van der Waals surface area (Å²) in [5.41, 5.74) is 1.57. The van der Waals surface area contributed by atoms with Crippen molar-refractivity contribution in [2.24, 2.45) is 4.99 Å². The number of benzene rings is 1. The van der Waals surface area contributed by atoms with Crippen LogP contribution >= 0.6 is 11.9 Å². The summed E-state index contributed by atoms with van der Waals surface area (Å²) in [7, 11) is 0. The molecule has 0 unspecified atom stereocenters. The minimum atomic E-state index is -4.22. The van der Waals surface area contributed by atoms with Gasteiger partial charge in [0, 0.05) is 49.8 Å². The number of hydrogen-bond acceptors (Lipinski definition) is 4. The Morgan fingerprint density at radius 2 is 2.12 bits per heavy atom. The fraction of sp³-hybridized carbons (Fsp3) is 0.312. The molecule has 0 atom stereocenters. The van der Waals surface area contributed by atoms with E-state index in [1.165, 1.54) is 4.31 Å². The van der Waals surface area contributed by atoms with E-state index in [2.05, 4.69) is 21.0 Å². The molecule has 0 radical (unpaired) electrons. The van der Waals surface area contributed by atoms with Gasteiger partial charge in [-0.15, -0.1) is 0 Å². The minimum Gasteiger partial charge on any atom is -0.378 e. The Kier molecular flexibility index (Phi) is 3.56. The predicted molar refractivity (Wildman–Crippen MR) is 93.2 cm³/mol. The van der Waals surface area contributed by atoms with Gasteiger partial charge in [-0.1, -0.05) is 4.67 Å². The van der Waals surface area contributed by atoms with Crippen molar-refractivity contribution in [3.8, 4) is 0 Å². The molecule has 1 fully saturated rings. The normalized spacial score (nSPS) is 19.5. The summed E-state index contributed by atoms with van der Waals surface area (Å²) < 4.78 is 42.5. The van der Waals surface area contributed by atoms with Crippen molar-refractivity contribution in [1.82, 2.24) is 8.97 Å². The van der Waals surface area contributed by atoms with E-state index in [-0.39, 0.29) is 18.0 Å². The van der Waals surface area contributed by atoms with E-state index >= 15 is 0 Å². The Bertz CT molecular complexity index is 828. The SMILES string of the molecule is CC1=[N+]=CC(c2cc3c(c(NC4CN(SC(F)(F)F)C4)c2)N=C3)=C1. The number of hydrogen-bond donors (Lipinski definition) is 1. The molecule has 8 heteroatoms. The van der Waals surface area contributed by atoms with E-state index in [1.54, 1.807) is 6.21 Å². The van der Waals surface area contributed by atoms with Crippen LogP contribution in [0.1, 0.15) is 18.1 Å². The van der Waals surface area contributed by atoms with E-state index in [4.69, 9.17) is 0 Å². The summed E-state index contributed by atoms with van der Waals surface area (Å²) in [4.78, 5) is 4.26. The molecule has 1 aromatic carbocycles. The quantitative estimate of drug-likeness (QED) is 0.680. The molecule has 124 valence electrons. The maximum absolute atomic E-state index is 12.3. The number of alkyl halides is 3. The van der Waals surface area contributed by atoms with Crippen molar-refractivity contribution in [3.63, 3.8) is 0 Å². The first kappa shape index (κ1) is 15.5. The van der Waals surface area contributed by atoms with Crippen molar-refractivity contribution >= 4 is 47.0 Å².